The van der Waals surface area contributed by atoms with E-state index in [0.717, 1.165) is 31.4 Å². The molecule has 3 atom stereocenters. The lowest BCUT2D eigenvalue weighted by Crippen LogP contribution is -2.38. The summed E-state index contributed by atoms with van der Waals surface area (Å²) < 4.78 is 19.4. The highest BCUT2D eigenvalue weighted by Crippen LogP contribution is 2.24. The van der Waals surface area contributed by atoms with Crippen LogP contribution in [-0.4, -0.2) is 68.4 Å². The summed E-state index contributed by atoms with van der Waals surface area (Å²) in [4.78, 5) is 16.1. The second-order valence-corrected chi connectivity index (χ2v) is 7.50. The van der Waals surface area contributed by atoms with Gasteiger partial charge in [0.15, 0.2) is 0 Å². The molecule has 0 aromatic heterocycles. The fraction of sp³-hybridized carbons (Fsp3) is 0.650. The predicted octanol–water partition coefficient (Wildman–Crippen LogP) is 3.06. The van der Waals surface area contributed by atoms with E-state index in [9.17, 15) is 9.18 Å². The summed E-state index contributed by atoms with van der Waals surface area (Å²) in [5, 5.41) is 2.94. The van der Waals surface area contributed by atoms with Gasteiger partial charge < -0.3 is 19.9 Å². The molecule has 1 aliphatic carbocycles. The van der Waals surface area contributed by atoms with Gasteiger partial charge in [0.05, 0.1) is 0 Å². The minimum Gasteiger partial charge on any atom is -0.445 e. The van der Waals surface area contributed by atoms with Crippen LogP contribution in [0.25, 0.3) is 0 Å². The van der Waals surface area contributed by atoms with Crippen molar-refractivity contribution in [3.8, 4) is 0 Å². The topological polar surface area (TPSA) is 44.8 Å². The standard InChI is InChI=1S/C20H32FN3O2/c1-23(2)12-11-17(21)14-24(3)19-10-9-18(13-19)22-20(25)26-15-16-7-5-4-6-8-16/h4-8,17-19H,9-15H2,1-3H3,(H,22,25)/t17?,18-,19?/m0/s1. The van der Waals surface area contributed by atoms with E-state index in [1.165, 1.54) is 0 Å². The summed E-state index contributed by atoms with van der Waals surface area (Å²) in [5.74, 6) is 0. The zero-order chi connectivity index (χ0) is 18.9. The zero-order valence-corrected chi connectivity index (χ0v) is 16.2. The molecule has 1 aromatic carbocycles. The molecule has 5 nitrogen and oxygen atoms in total. The number of nitrogens with one attached hydrogen (secondary N) is 1. The molecule has 1 amide bonds. The van der Waals surface area contributed by atoms with Gasteiger partial charge >= 0.3 is 6.09 Å². The Hall–Kier alpha value is -1.66. The number of ether oxygens (including phenoxy) is 1. The molecule has 1 fully saturated rings. The normalized spacial score (nSPS) is 21.2. The van der Waals surface area contributed by atoms with Crippen molar-refractivity contribution < 1.29 is 13.9 Å². The molecule has 0 heterocycles. The van der Waals surface area contributed by atoms with Crippen LogP contribution in [0.3, 0.4) is 0 Å². The predicted molar refractivity (Wildman–Crippen MR) is 102 cm³/mol. The molecule has 0 saturated heterocycles. The monoisotopic (exact) mass is 365 g/mol. The number of carbonyl (C=O) groups is 1. The maximum atomic E-state index is 14.1. The highest BCUT2D eigenvalue weighted by molar-refractivity contribution is 5.67. The number of alkyl carbamates (subject to hydrolysis) is 1. The molecule has 1 saturated carbocycles. The largest absolute Gasteiger partial charge is 0.445 e. The second kappa shape index (κ2) is 10.5. The van der Waals surface area contributed by atoms with Crippen LogP contribution in [0, 0.1) is 0 Å². The van der Waals surface area contributed by atoms with Gasteiger partial charge in [-0.25, -0.2) is 9.18 Å². The first-order valence-corrected chi connectivity index (χ1v) is 9.40. The number of halogens is 1. The minimum atomic E-state index is -0.815. The Bertz CT molecular complexity index is 541. The Morgan fingerprint density at radius 3 is 2.69 bits per heavy atom. The number of amides is 1. The van der Waals surface area contributed by atoms with Gasteiger partial charge in [0.1, 0.15) is 12.8 Å². The minimum absolute atomic E-state index is 0.102. The molecule has 0 bridgehead atoms. The lowest BCUT2D eigenvalue weighted by Gasteiger charge is -2.26. The molecule has 146 valence electrons. The summed E-state index contributed by atoms with van der Waals surface area (Å²) in [5.41, 5.74) is 0.971. The molecule has 1 aliphatic rings. The lowest BCUT2D eigenvalue weighted by atomic mass is 10.2. The molecule has 2 unspecified atom stereocenters. The fourth-order valence-electron chi connectivity index (χ4n) is 3.37. The van der Waals surface area contributed by atoms with Crippen molar-refractivity contribution in [2.75, 3.05) is 34.2 Å². The number of carbonyl (C=O) groups excluding carboxylic acids is 1. The maximum Gasteiger partial charge on any atom is 0.407 e. The van der Waals surface area contributed by atoms with Crippen LogP contribution in [0.15, 0.2) is 30.3 Å². The first-order valence-electron chi connectivity index (χ1n) is 9.40. The maximum absolute atomic E-state index is 14.1. The van der Waals surface area contributed by atoms with Crippen LogP contribution < -0.4 is 5.32 Å². The Balaban J connectivity index is 1.66. The van der Waals surface area contributed by atoms with E-state index in [4.69, 9.17) is 4.74 Å². The highest BCUT2D eigenvalue weighted by atomic mass is 19.1. The Kier molecular flexibility index (Phi) is 8.32. The van der Waals surface area contributed by atoms with Gasteiger partial charge in [-0.2, -0.15) is 0 Å². The van der Waals surface area contributed by atoms with Gasteiger partial charge in [0.25, 0.3) is 0 Å². The van der Waals surface area contributed by atoms with Gasteiger partial charge in [-0.3, -0.25) is 0 Å². The third-order valence-corrected chi connectivity index (χ3v) is 4.94. The highest BCUT2D eigenvalue weighted by Gasteiger charge is 2.29. The molecular formula is C20H32FN3O2. The quantitative estimate of drug-likeness (QED) is 0.731. The number of benzene rings is 1. The van der Waals surface area contributed by atoms with E-state index in [1.807, 2.05) is 56.4 Å². The van der Waals surface area contributed by atoms with Gasteiger partial charge in [-0.1, -0.05) is 30.3 Å². The van der Waals surface area contributed by atoms with E-state index < -0.39 is 6.17 Å². The summed E-state index contributed by atoms with van der Waals surface area (Å²) in [6.07, 6.45) is 2.08. The molecule has 1 N–H and O–H groups in total. The van der Waals surface area contributed by atoms with Crippen LogP contribution in [0.2, 0.25) is 0 Å². The van der Waals surface area contributed by atoms with E-state index in [-0.39, 0.29) is 18.7 Å². The number of hydrogen-bond acceptors (Lipinski definition) is 4. The summed E-state index contributed by atoms with van der Waals surface area (Å²) >= 11 is 0. The number of hydrogen-bond donors (Lipinski definition) is 1. The van der Waals surface area contributed by atoms with Crippen molar-refractivity contribution in [1.29, 1.82) is 0 Å². The van der Waals surface area contributed by atoms with Crippen LogP contribution in [-0.2, 0) is 11.3 Å². The van der Waals surface area contributed by atoms with Crippen LogP contribution >= 0.6 is 0 Å². The van der Waals surface area contributed by atoms with Crippen molar-refractivity contribution in [2.24, 2.45) is 0 Å². The summed E-state index contributed by atoms with van der Waals surface area (Å²) in [6.45, 7) is 1.49. The van der Waals surface area contributed by atoms with Crippen LogP contribution in [0.4, 0.5) is 9.18 Å². The third kappa shape index (κ3) is 7.30. The van der Waals surface area contributed by atoms with Gasteiger partial charge in [-0.15, -0.1) is 0 Å². The second-order valence-electron chi connectivity index (χ2n) is 7.50. The number of rotatable bonds is 9. The third-order valence-electron chi connectivity index (χ3n) is 4.94. The Morgan fingerprint density at radius 2 is 2.00 bits per heavy atom. The molecule has 26 heavy (non-hydrogen) atoms. The molecule has 0 aliphatic heterocycles. The fourth-order valence-corrected chi connectivity index (χ4v) is 3.37. The van der Waals surface area contributed by atoms with Gasteiger partial charge in [-0.05, 0) is 52.4 Å². The van der Waals surface area contributed by atoms with Gasteiger partial charge in [0.2, 0.25) is 0 Å². The molecule has 0 radical (unpaired) electrons. The first kappa shape index (κ1) is 20.6. The lowest BCUT2D eigenvalue weighted by molar-refractivity contribution is 0.134. The number of alkyl halides is 1. The summed E-state index contributed by atoms with van der Waals surface area (Å²) in [6, 6.07) is 10.0. The van der Waals surface area contributed by atoms with Gasteiger partial charge in [0, 0.05) is 25.2 Å². The van der Waals surface area contributed by atoms with Crippen molar-refractivity contribution in [3.63, 3.8) is 0 Å². The molecule has 0 spiro atoms. The van der Waals surface area contributed by atoms with E-state index in [0.29, 0.717) is 19.0 Å². The van der Waals surface area contributed by atoms with E-state index in [2.05, 4.69) is 10.2 Å². The SMILES string of the molecule is CN(C)CCC(F)CN(C)C1CC[C@H](NC(=O)OCc2ccccc2)C1. The first-order chi connectivity index (χ1) is 12.4. The molecule has 2 rings (SSSR count). The smallest absolute Gasteiger partial charge is 0.407 e. The van der Waals surface area contributed by atoms with Crippen molar-refractivity contribution in [2.45, 2.75) is 50.5 Å². The molecular weight excluding hydrogens is 333 g/mol. The van der Waals surface area contributed by atoms with Crippen molar-refractivity contribution in [1.82, 2.24) is 15.1 Å². The van der Waals surface area contributed by atoms with Crippen LogP contribution in [0.5, 0.6) is 0 Å². The van der Waals surface area contributed by atoms with Crippen LogP contribution in [0.1, 0.15) is 31.2 Å². The van der Waals surface area contributed by atoms with E-state index in [1.54, 1.807) is 0 Å². The number of nitrogens with zero attached hydrogens (tertiary/aromatic N) is 2. The average molecular weight is 365 g/mol. The Labute approximate surface area is 156 Å². The van der Waals surface area contributed by atoms with Crippen molar-refractivity contribution in [3.05, 3.63) is 35.9 Å². The zero-order valence-electron chi connectivity index (χ0n) is 16.2. The summed E-state index contributed by atoms with van der Waals surface area (Å²) in [7, 11) is 5.89. The Morgan fingerprint density at radius 1 is 1.27 bits per heavy atom. The van der Waals surface area contributed by atoms with Crippen molar-refractivity contribution >= 4 is 6.09 Å². The molecule has 6 heteroatoms. The molecule has 1 aromatic rings. The average Bonchev–Trinajstić information content (AvgIpc) is 3.07. The van der Waals surface area contributed by atoms with E-state index >= 15 is 0 Å².